The molecule has 0 aliphatic rings. The monoisotopic (exact) mass is 290 g/mol. The van der Waals surface area contributed by atoms with Crippen molar-refractivity contribution in [2.45, 2.75) is 6.61 Å². The SMILES string of the molecule is NC(=O)c1cc([N+](=O)[O-])ccc1OCc1ccc(F)cc1. The molecule has 0 fully saturated rings. The zero-order chi connectivity index (χ0) is 15.4. The minimum absolute atomic E-state index is 0.0775. The average molecular weight is 290 g/mol. The van der Waals surface area contributed by atoms with E-state index in [2.05, 4.69) is 0 Å². The van der Waals surface area contributed by atoms with Crippen molar-refractivity contribution in [1.82, 2.24) is 0 Å². The van der Waals surface area contributed by atoms with E-state index < -0.39 is 10.8 Å². The molecule has 6 nitrogen and oxygen atoms in total. The van der Waals surface area contributed by atoms with Crippen LogP contribution in [0.15, 0.2) is 42.5 Å². The van der Waals surface area contributed by atoms with E-state index in [1.165, 1.54) is 36.4 Å². The number of nitro groups is 1. The predicted octanol–water partition coefficient (Wildman–Crippen LogP) is 2.41. The molecule has 0 atom stereocenters. The van der Waals surface area contributed by atoms with Crippen LogP contribution >= 0.6 is 0 Å². The Morgan fingerprint density at radius 2 is 1.90 bits per heavy atom. The number of non-ortho nitro benzene ring substituents is 1. The maximum Gasteiger partial charge on any atom is 0.270 e. The zero-order valence-corrected chi connectivity index (χ0v) is 10.8. The van der Waals surface area contributed by atoms with Crippen LogP contribution < -0.4 is 10.5 Å². The molecule has 0 radical (unpaired) electrons. The molecule has 0 saturated heterocycles. The number of hydrogen-bond donors (Lipinski definition) is 1. The van der Waals surface area contributed by atoms with E-state index in [1.807, 2.05) is 0 Å². The summed E-state index contributed by atoms with van der Waals surface area (Å²) in [5.74, 6) is -1.06. The second-order valence-electron chi connectivity index (χ2n) is 4.22. The van der Waals surface area contributed by atoms with E-state index in [0.29, 0.717) is 5.56 Å². The van der Waals surface area contributed by atoms with Crippen LogP contribution in [0.25, 0.3) is 0 Å². The first-order valence-corrected chi connectivity index (χ1v) is 5.93. The molecule has 0 heterocycles. The van der Waals surface area contributed by atoms with Crippen LogP contribution in [0.3, 0.4) is 0 Å². The van der Waals surface area contributed by atoms with Gasteiger partial charge in [-0.2, -0.15) is 0 Å². The number of amides is 1. The van der Waals surface area contributed by atoms with Gasteiger partial charge in [0.1, 0.15) is 18.2 Å². The summed E-state index contributed by atoms with van der Waals surface area (Å²) in [5, 5.41) is 10.7. The highest BCUT2D eigenvalue weighted by molar-refractivity contribution is 5.96. The summed E-state index contributed by atoms with van der Waals surface area (Å²) in [4.78, 5) is 21.4. The standard InChI is InChI=1S/C14H11FN2O4/c15-10-3-1-9(2-4-10)8-21-13-6-5-11(17(19)20)7-12(13)14(16)18/h1-7H,8H2,(H2,16,18). The quantitative estimate of drug-likeness (QED) is 0.675. The van der Waals surface area contributed by atoms with Gasteiger partial charge in [0.25, 0.3) is 11.6 Å². The molecule has 0 saturated carbocycles. The number of ether oxygens (including phenoxy) is 1. The highest BCUT2D eigenvalue weighted by Gasteiger charge is 2.15. The molecule has 0 bridgehead atoms. The van der Waals surface area contributed by atoms with Crippen LogP contribution in [0.4, 0.5) is 10.1 Å². The van der Waals surface area contributed by atoms with Crippen molar-refractivity contribution in [1.29, 1.82) is 0 Å². The van der Waals surface area contributed by atoms with Crippen molar-refractivity contribution < 1.29 is 18.8 Å². The van der Waals surface area contributed by atoms with Crippen LogP contribution in [0.5, 0.6) is 5.75 Å². The molecular weight excluding hydrogens is 279 g/mol. The summed E-state index contributed by atoms with van der Waals surface area (Å²) in [5.41, 5.74) is 5.54. The fourth-order valence-electron chi connectivity index (χ4n) is 1.69. The molecule has 0 unspecified atom stereocenters. The van der Waals surface area contributed by atoms with Crippen LogP contribution in [0.1, 0.15) is 15.9 Å². The van der Waals surface area contributed by atoms with Gasteiger partial charge in [-0.3, -0.25) is 14.9 Å². The summed E-state index contributed by atoms with van der Waals surface area (Å²) in [6.45, 7) is 0.0817. The van der Waals surface area contributed by atoms with Gasteiger partial charge in [0, 0.05) is 12.1 Å². The minimum atomic E-state index is -0.826. The molecule has 7 heteroatoms. The van der Waals surface area contributed by atoms with Crippen molar-refractivity contribution in [3.8, 4) is 5.75 Å². The highest BCUT2D eigenvalue weighted by atomic mass is 19.1. The number of nitrogens with zero attached hydrogens (tertiary/aromatic N) is 1. The summed E-state index contributed by atoms with van der Waals surface area (Å²) < 4.78 is 18.2. The van der Waals surface area contributed by atoms with Gasteiger partial charge < -0.3 is 10.5 Å². The number of nitrogens with two attached hydrogens (primary N) is 1. The highest BCUT2D eigenvalue weighted by Crippen LogP contribution is 2.24. The van der Waals surface area contributed by atoms with Gasteiger partial charge in [-0.05, 0) is 23.8 Å². The van der Waals surface area contributed by atoms with Crippen molar-refractivity contribution in [2.24, 2.45) is 5.73 Å². The lowest BCUT2D eigenvalue weighted by atomic mass is 10.1. The minimum Gasteiger partial charge on any atom is -0.488 e. The fourth-order valence-corrected chi connectivity index (χ4v) is 1.69. The van der Waals surface area contributed by atoms with Crippen LogP contribution in [0, 0.1) is 15.9 Å². The Hall–Kier alpha value is -2.96. The third kappa shape index (κ3) is 3.53. The van der Waals surface area contributed by atoms with Gasteiger partial charge >= 0.3 is 0 Å². The van der Waals surface area contributed by atoms with E-state index in [1.54, 1.807) is 0 Å². The number of primary amides is 1. The first-order valence-electron chi connectivity index (χ1n) is 5.93. The summed E-state index contributed by atoms with van der Waals surface area (Å²) in [6, 6.07) is 9.21. The van der Waals surface area contributed by atoms with E-state index in [4.69, 9.17) is 10.5 Å². The predicted molar refractivity (Wildman–Crippen MR) is 72.3 cm³/mol. The smallest absolute Gasteiger partial charge is 0.270 e. The fraction of sp³-hybridized carbons (Fsp3) is 0.0714. The van der Waals surface area contributed by atoms with Crippen LogP contribution in [0.2, 0.25) is 0 Å². The third-order valence-corrected chi connectivity index (χ3v) is 2.75. The molecule has 1 amide bonds. The number of nitro benzene ring substituents is 1. The number of carbonyl (C=O) groups excluding carboxylic acids is 1. The van der Waals surface area contributed by atoms with E-state index in [-0.39, 0.29) is 29.4 Å². The Morgan fingerprint density at radius 3 is 2.48 bits per heavy atom. The molecule has 0 aliphatic carbocycles. The van der Waals surface area contributed by atoms with Crippen molar-refractivity contribution in [3.05, 3.63) is 69.5 Å². The lowest BCUT2D eigenvalue weighted by Gasteiger charge is -2.09. The van der Waals surface area contributed by atoms with E-state index >= 15 is 0 Å². The number of carbonyl (C=O) groups is 1. The van der Waals surface area contributed by atoms with Crippen molar-refractivity contribution in [3.63, 3.8) is 0 Å². The molecular formula is C14H11FN2O4. The molecule has 108 valence electrons. The molecule has 0 spiro atoms. The Bertz CT molecular complexity index is 686. The first kappa shape index (κ1) is 14.4. The second-order valence-corrected chi connectivity index (χ2v) is 4.22. The maximum atomic E-state index is 12.8. The molecule has 0 aliphatic heterocycles. The van der Waals surface area contributed by atoms with E-state index in [0.717, 1.165) is 6.07 Å². The van der Waals surface area contributed by atoms with Crippen molar-refractivity contribution in [2.75, 3.05) is 0 Å². The zero-order valence-electron chi connectivity index (χ0n) is 10.8. The largest absolute Gasteiger partial charge is 0.488 e. The Kier molecular flexibility index (Phi) is 4.13. The Balaban J connectivity index is 2.21. The molecule has 0 aromatic heterocycles. The van der Waals surface area contributed by atoms with Gasteiger partial charge in [-0.1, -0.05) is 12.1 Å². The van der Waals surface area contributed by atoms with E-state index in [9.17, 15) is 19.3 Å². The van der Waals surface area contributed by atoms with Gasteiger partial charge in [-0.25, -0.2) is 4.39 Å². The summed E-state index contributed by atoms with van der Waals surface area (Å²) in [7, 11) is 0. The summed E-state index contributed by atoms with van der Waals surface area (Å²) in [6.07, 6.45) is 0. The summed E-state index contributed by atoms with van der Waals surface area (Å²) >= 11 is 0. The molecule has 2 aromatic rings. The third-order valence-electron chi connectivity index (χ3n) is 2.75. The number of rotatable bonds is 5. The molecule has 21 heavy (non-hydrogen) atoms. The first-order chi connectivity index (χ1) is 9.97. The molecule has 2 rings (SSSR count). The number of halogens is 1. The van der Waals surface area contributed by atoms with Crippen LogP contribution in [-0.4, -0.2) is 10.8 Å². The second kappa shape index (κ2) is 6.00. The van der Waals surface area contributed by atoms with Crippen LogP contribution in [-0.2, 0) is 6.61 Å². The van der Waals surface area contributed by atoms with Gasteiger partial charge in [0.2, 0.25) is 0 Å². The number of hydrogen-bond acceptors (Lipinski definition) is 4. The topological polar surface area (TPSA) is 95.5 Å². The van der Waals surface area contributed by atoms with Gasteiger partial charge in [0.15, 0.2) is 0 Å². The maximum absolute atomic E-state index is 12.8. The number of benzene rings is 2. The molecule has 2 aromatic carbocycles. The lowest BCUT2D eigenvalue weighted by Crippen LogP contribution is -2.13. The average Bonchev–Trinajstić information content (AvgIpc) is 2.46. The Labute approximate surface area is 119 Å². The van der Waals surface area contributed by atoms with Gasteiger partial charge in [0.05, 0.1) is 10.5 Å². The molecule has 2 N–H and O–H groups in total. The normalized spacial score (nSPS) is 10.1. The Morgan fingerprint density at radius 1 is 1.24 bits per heavy atom. The van der Waals surface area contributed by atoms with Gasteiger partial charge in [-0.15, -0.1) is 0 Å². The lowest BCUT2D eigenvalue weighted by molar-refractivity contribution is -0.384. The van der Waals surface area contributed by atoms with Crippen molar-refractivity contribution >= 4 is 11.6 Å².